The van der Waals surface area contributed by atoms with Crippen molar-refractivity contribution in [2.45, 2.75) is 19.3 Å². The van der Waals surface area contributed by atoms with E-state index in [0.29, 0.717) is 25.1 Å². The molecule has 0 aromatic heterocycles. The van der Waals surface area contributed by atoms with Crippen LogP contribution in [0.4, 0.5) is 4.39 Å². The Bertz CT molecular complexity index is 488. The summed E-state index contributed by atoms with van der Waals surface area (Å²) in [7, 11) is 1.76. The second-order valence-electron chi connectivity index (χ2n) is 5.20. The van der Waals surface area contributed by atoms with Gasteiger partial charge in [0.25, 0.3) is 0 Å². The highest BCUT2D eigenvalue weighted by molar-refractivity contribution is 9.10. The first-order valence-corrected chi connectivity index (χ1v) is 7.17. The number of likely N-dealkylation sites (N-methyl/N-ethyl adjacent to an activating group) is 1. The van der Waals surface area contributed by atoms with Crippen LogP contribution >= 0.6 is 15.9 Å². The van der Waals surface area contributed by atoms with Crippen molar-refractivity contribution in [2.24, 2.45) is 11.1 Å². The number of nitrogens with two attached hydrogens (primary N) is 1. The van der Waals surface area contributed by atoms with E-state index >= 15 is 0 Å². The molecule has 104 valence electrons. The molecule has 1 aliphatic carbocycles. The van der Waals surface area contributed by atoms with Gasteiger partial charge in [0.2, 0.25) is 5.91 Å². The van der Waals surface area contributed by atoms with Gasteiger partial charge in [-0.3, -0.25) is 4.79 Å². The zero-order valence-corrected chi connectivity index (χ0v) is 12.5. The monoisotopic (exact) mass is 328 g/mol. The molecule has 1 aromatic carbocycles. The van der Waals surface area contributed by atoms with Gasteiger partial charge >= 0.3 is 0 Å². The summed E-state index contributed by atoms with van der Waals surface area (Å²) >= 11 is 3.32. The highest BCUT2D eigenvalue weighted by Gasteiger charge is 2.49. The molecule has 1 aliphatic rings. The molecule has 5 heteroatoms. The minimum Gasteiger partial charge on any atom is -0.345 e. The van der Waals surface area contributed by atoms with Crippen LogP contribution < -0.4 is 5.73 Å². The largest absolute Gasteiger partial charge is 0.345 e. The Balaban J connectivity index is 1.95. The van der Waals surface area contributed by atoms with Gasteiger partial charge in [-0.2, -0.15) is 0 Å². The molecule has 0 saturated heterocycles. The number of carbonyl (C=O) groups is 1. The van der Waals surface area contributed by atoms with Crippen LogP contribution in [0.1, 0.15) is 18.4 Å². The summed E-state index contributed by atoms with van der Waals surface area (Å²) in [4.78, 5) is 13.8. The lowest BCUT2D eigenvalue weighted by molar-refractivity contribution is -0.135. The molecule has 0 bridgehead atoms. The molecule has 0 unspecified atom stereocenters. The van der Waals surface area contributed by atoms with E-state index in [0.717, 1.165) is 17.3 Å². The minimum atomic E-state index is -0.329. The second kappa shape index (κ2) is 5.59. The molecule has 1 fully saturated rings. The molecule has 0 atom stereocenters. The molecule has 0 heterocycles. The van der Waals surface area contributed by atoms with Crippen molar-refractivity contribution in [2.75, 3.05) is 20.1 Å². The fraction of sp³-hybridized carbons (Fsp3) is 0.500. The minimum absolute atomic E-state index is 0.0883. The molecule has 2 rings (SSSR count). The third-order valence-electron chi connectivity index (χ3n) is 3.77. The van der Waals surface area contributed by atoms with Gasteiger partial charge in [-0.25, -0.2) is 4.39 Å². The summed E-state index contributed by atoms with van der Waals surface area (Å²) in [5.74, 6) is -0.144. The van der Waals surface area contributed by atoms with Crippen molar-refractivity contribution < 1.29 is 9.18 Å². The molecule has 19 heavy (non-hydrogen) atoms. The maximum absolute atomic E-state index is 13.6. The SMILES string of the molecule is CN(CCc1cc(Br)ccc1F)C(=O)C1(CN)CC1. The van der Waals surface area contributed by atoms with E-state index in [1.54, 1.807) is 24.1 Å². The Kier molecular flexibility index (Phi) is 4.26. The van der Waals surface area contributed by atoms with Crippen molar-refractivity contribution >= 4 is 21.8 Å². The summed E-state index contributed by atoms with van der Waals surface area (Å²) < 4.78 is 14.4. The van der Waals surface area contributed by atoms with E-state index in [2.05, 4.69) is 15.9 Å². The van der Waals surface area contributed by atoms with Gasteiger partial charge in [0.05, 0.1) is 5.41 Å². The van der Waals surface area contributed by atoms with Gasteiger partial charge in [-0.1, -0.05) is 15.9 Å². The van der Waals surface area contributed by atoms with Crippen LogP contribution in [0.5, 0.6) is 0 Å². The predicted molar refractivity (Wildman–Crippen MR) is 76.2 cm³/mol. The maximum Gasteiger partial charge on any atom is 0.229 e. The first kappa shape index (κ1) is 14.5. The number of carbonyl (C=O) groups excluding carboxylic acids is 1. The third-order valence-corrected chi connectivity index (χ3v) is 4.26. The molecule has 2 N–H and O–H groups in total. The van der Waals surface area contributed by atoms with Gasteiger partial charge in [-0.05, 0) is 43.0 Å². The first-order chi connectivity index (χ1) is 8.98. The van der Waals surface area contributed by atoms with Gasteiger partial charge in [0, 0.05) is 24.6 Å². The maximum atomic E-state index is 13.6. The number of halogens is 2. The lowest BCUT2D eigenvalue weighted by Crippen LogP contribution is -2.39. The molecule has 1 saturated carbocycles. The number of amides is 1. The Hall–Kier alpha value is -0.940. The van der Waals surface area contributed by atoms with Crippen LogP contribution in [-0.2, 0) is 11.2 Å². The fourth-order valence-corrected chi connectivity index (χ4v) is 2.59. The number of nitrogens with zero attached hydrogens (tertiary/aromatic N) is 1. The topological polar surface area (TPSA) is 46.3 Å². The van der Waals surface area contributed by atoms with Crippen LogP contribution in [0.15, 0.2) is 22.7 Å². The van der Waals surface area contributed by atoms with E-state index in [1.165, 1.54) is 6.07 Å². The Morgan fingerprint density at radius 3 is 2.79 bits per heavy atom. The molecule has 0 aliphatic heterocycles. The van der Waals surface area contributed by atoms with E-state index in [4.69, 9.17) is 5.73 Å². The zero-order valence-electron chi connectivity index (χ0n) is 11.0. The van der Waals surface area contributed by atoms with Crippen molar-refractivity contribution in [3.05, 3.63) is 34.1 Å². The summed E-state index contributed by atoms with van der Waals surface area (Å²) in [5, 5.41) is 0. The number of benzene rings is 1. The molecule has 3 nitrogen and oxygen atoms in total. The lowest BCUT2D eigenvalue weighted by atomic mass is 10.1. The molecule has 1 aromatic rings. The average Bonchev–Trinajstić information content (AvgIpc) is 3.19. The fourth-order valence-electron chi connectivity index (χ4n) is 2.19. The highest BCUT2D eigenvalue weighted by atomic mass is 79.9. The smallest absolute Gasteiger partial charge is 0.229 e. The van der Waals surface area contributed by atoms with Crippen LogP contribution in [-0.4, -0.2) is 30.9 Å². The van der Waals surface area contributed by atoms with Gasteiger partial charge in [0.1, 0.15) is 5.82 Å². The van der Waals surface area contributed by atoms with Crippen LogP contribution in [0.2, 0.25) is 0 Å². The Labute approximate surface area is 121 Å². The summed E-state index contributed by atoms with van der Waals surface area (Å²) in [6.45, 7) is 0.912. The van der Waals surface area contributed by atoms with Crippen molar-refractivity contribution in [1.29, 1.82) is 0 Å². The van der Waals surface area contributed by atoms with Crippen molar-refractivity contribution in [1.82, 2.24) is 4.90 Å². The Morgan fingerprint density at radius 2 is 2.21 bits per heavy atom. The van der Waals surface area contributed by atoms with E-state index in [-0.39, 0.29) is 17.1 Å². The summed E-state index contributed by atoms with van der Waals surface area (Å²) in [5.41, 5.74) is 5.93. The average molecular weight is 329 g/mol. The van der Waals surface area contributed by atoms with Crippen molar-refractivity contribution in [3.8, 4) is 0 Å². The van der Waals surface area contributed by atoms with Crippen LogP contribution in [0, 0.1) is 11.2 Å². The molecule has 0 spiro atoms. The molecule has 1 amide bonds. The molecular formula is C14H18BrFN2O. The Morgan fingerprint density at radius 1 is 1.53 bits per heavy atom. The van der Waals surface area contributed by atoms with E-state index in [9.17, 15) is 9.18 Å². The number of rotatable bonds is 5. The molecule has 0 radical (unpaired) electrons. The predicted octanol–water partition coefficient (Wildman–Crippen LogP) is 2.33. The number of hydrogen-bond acceptors (Lipinski definition) is 2. The van der Waals surface area contributed by atoms with Crippen LogP contribution in [0.3, 0.4) is 0 Å². The van der Waals surface area contributed by atoms with Gasteiger partial charge in [-0.15, -0.1) is 0 Å². The molecular weight excluding hydrogens is 311 g/mol. The zero-order chi connectivity index (χ0) is 14.0. The summed E-state index contributed by atoms with van der Waals surface area (Å²) in [6.07, 6.45) is 2.25. The standard InChI is InChI=1S/C14H18BrFN2O/c1-18(13(19)14(9-17)5-6-14)7-4-10-8-11(15)2-3-12(10)16/h2-3,8H,4-7,9,17H2,1H3. The first-order valence-electron chi connectivity index (χ1n) is 6.38. The highest BCUT2D eigenvalue weighted by Crippen LogP contribution is 2.45. The normalized spacial score (nSPS) is 16.2. The van der Waals surface area contributed by atoms with Crippen molar-refractivity contribution in [3.63, 3.8) is 0 Å². The van der Waals surface area contributed by atoms with E-state index in [1.807, 2.05) is 0 Å². The lowest BCUT2D eigenvalue weighted by Gasteiger charge is -2.22. The third kappa shape index (κ3) is 3.15. The van der Waals surface area contributed by atoms with Gasteiger partial charge in [0.15, 0.2) is 0 Å². The quantitative estimate of drug-likeness (QED) is 0.901. The summed E-state index contributed by atoms with van der Waals surface area (Å²) in [6, 6.07) is 4.86. The van der Waals surface area contributed by atoms with Crippen LogP contribution in [0.25, 0.3) is 0 Å². The number of hydrogen-bond donors (Lipinski definition) is 1. The second-order valence-corrected chi connectivity index (χ2v) is 6.11. The van der Waals surface area contributed by atoms with Gasteiger partial charge < -0.3 is 10.6 Å². The van der Waals surface area contributed by atoms with E-state index < -0.39 is 0 Å².